The Morgan fingerprint density at radius 1 is 1.14 bits per heavy atom. The molecule has 0 atom stereocenters. The summed E-state index contributed by atoms with van der Waals surface area (Å²) in [5.41, 5.74) is 1.67. The first-order valence-electron chi connectivity index (χ1n) is 8.89. The van der Waals surface area contributed by atoms with Crippen LogP contribution >= 0.6 is 0 Å². The normalized spacial score (nSPS) is 14.0. The van der Waals surface area contributed by atoms with E-state index in [1.54, 1.807) is 36.1 Å². The van der Waals surface area contributed by atoms with Gasteiger partial charge in [-0.25, -0.2) is 4.68 Å². The lowest BCUT2D eigenvalue weighted by molar-refractivity contribution is -0.136. The fourth-order valence-electron chi connectivity index (χ4n) is 3.14. The maximum atomic E-state index is 12.5. The number of carbonyl (C=O) groups excluding carboxylic acids is 1. The molecule has 0 unspecified atom stereocenters. The van der Waals surface area contributed by atoms with Gasteiger partial charge in [0.15, 0.2) is 11.5 Å². The predicted molar refractivity (Wildman–Crippen MR) is 98.0 cm³/mol. The third-order valence-corrected chi connectivity index (χ3v) is 4.72. The second-order valence-corrected chi connectivity index (χ2v) is 6.57. The zero-order chi connectivity index (χ0) is 19.5. The summed E-state index contributed by atoms with van der Waals surface area (Å²) in [6.45, 7) is 1.71. The maximum Gasteiger partial charge on any atom is 0.227 e. The van der Waals surface area contributed by atoms with Crippen molar-refractivity contribution in [1.82, 2.24) is 34.9 Å². The van der Waals surface area contributed by atoms with Gasteiger partial charge in [-0.3, -0.25) is 4.79 Å². The van der Waals surface area contributed by atoms with Gasteiger partial charge in [0.25, 0.3) is 0 Å². The Morgan fingerprint density at radius 3 is 2.61 bits per heavy atom. The first-order valence-corrected chi connectivity index (χ1v) is 8.89. The van der Waals surface area contributed by atoms with Gasteiger partial charge in [-0.05, 0) is 17.7 Å². The fourth-order valence-corrected chi connectivity index (χ4v) is 3.14. The monoisotopic (exact) mass is 383 g/mol. The SMILES string of the molecule is COc1ccc(CC(=O)N2CC(n3cc(Cn4nccn4)nn3)C2)cc1OC. The van der Waals surface area contributed by atoms with E-state index in [0.29, 0.717) is 37.6 Å². The standard InChI is InChI=1S/C18H21N7O3/c1-27-16-4-3-13(7-17(16)28-2)8-18(26)23-11-15(12-23)24-9-14(21-22-24)10-25-19-5-6-20-25/h3-7,9,15H,8,10-12H2,1-2H3. The molecule has 1 aliphatic heterocycles. The zero-order valence-corrected chi connectivity index (χ0v) is 15.7. The highest BCUT2D eigenvalue weighted by molar-refractivity contribution is 5.79. The van der Waals surface area contributed by atoms with Gasteiger partial charge < -0.3 is 14.4 Å². The minimum absolute atomic E-state index is 0.0737. The summed E-state index contributed by atoms with van der Waals surface area (Å²) in [6, 6.07) is 5.66. The fraction of sp³-hybridized carbons (Fsp3) is 0.389. The van der Waals surface area contributed by atoms with Crippen molar-refractivity contribution >= 4 is 5.91 Å². The number of hydrogen-bond donors (Lipinski definition) is 0. The highest BCUT2D eigenvalue weighted by atomic mass is 16.5. The van der Waals surface area contributed by atoms with Gasteiger partial charge in [0.2, 0.25) is 5.91 Å². The van der Waals surface area contributed by atoms with Gasteiger partial charge >= 0.3 is 0 Å². The average Bonchev–Trinajstić information content (AvgIpc) is 3.33. The van der Waals surface area contributed by atoms with Crippen LogP contribution in [0.4, 0.5) is 0 Å². The topological polar surface area (TPSA) is 100 Å². The van der Waals surface area contributed by atoms with Gasteiger partial charge in [0.05, 0.1) is 45.3 Å². The number of methoxy groups -OCH3 is 2. The molecule has 3 aromatic rings. The minimum atomic E-state index is 0.0737. The Hall–Kier alpha value is -3.43. The van der Waals surface area contributed by atoms with Crippen molar-refractivity contribution in [3.63, 3.8) is 0 Å². The van der Waals surface area contributed by atoms with Gasteiger partial charge in [-0.15, -0.1) is 5.10 Å². The van der Waals surface area contributed by atoms with Crippen LogP contribution in [0, 0.1) is 0 Å². The summed E-state index contributed by atoms with van der Waals surface area (Å²) in [5, 5.41) is 16.4. The number of ether oxygens (including phenoxy) is 2. The van der Waals surface area contributed by atoms with Crippen LogP contribution in [0.5, 0.6) is 11.5 Å². The van der Waals surface area contributed by atoms with E-state index in [1.807, 2.05) is 29.3 Å². The zero-order valence-electron chi connectivity index (χ0n) is 15.7. The van der Waals surface area contributed by atoms with Crippen molar-refractivity contribution in [3.8, 4) is 11.5 Å². The first-order chi connectivity index (χ1) is 13.7. The molecule has 10 heteroatoms. The third kappa shape index (κ3) is 3.66. The van der Waals surface area contributed by atoms with E-state index in [-0.39, 0.29) is 11.9 Å². The number of amides is 1. The summed E-state index contributed by atoms with van der Waals surface area (Å²) in [5.74, 6) is 1.34. The molecule has 4 rings (SSSR count). The molecule has 10 nitrogen and oxygen atoms in total. The van der Waals surface area contributed by atoms with Crippen LogP contribution in [0.1, 0.15) is 17.3 Å². The Morgan fingerprint density at radius 2 is 1.89 bits per heavy atom. The van der Waals surface area contributed by atoms with Crippen LogP contribution in [0.15, 0.2) is 36.8 Å². The number of benzene rings is 1. The van der Waals surface area contributed by atoms with Crippen LogP contribution < -0.4 is 9.47 Å². The van der Waals surface area contributed by atoms with Gasteiger partial charge in [0.1, 0.15) is 12.2 Å². The number of hydrogen-bond acceptors (Lipinski definition) is 7. The van der Waals surface area contributed by atoms with E-state index in [0.717, 1.165) is 11.3 Å². The molecule has 146 valence electrons. The minimum Gasteiger partial charge on any atom is -0.493 e. The van der Waals surface area contributed by atoms with Crippen molar-refractivity contribution in [1.29, 1.82) is 0 Å². The van der Waals surface area contributed by atoms with Gasteiger partial charge in [-0.1, -0.05) is 11.3 Å². The van der Waals surface area contributed by atoms with E-state index in [1.165, 1.54) is 0 Å². The second kappa shape index (κ2) is 7.67. The molecule has 0 aliphatic carbocycles. The van der Waals surface area contributed by atoms with Crippen LogP contribution in [0.25, 0.3) is 0 Å². The number of nitrogens with zero attached hydrogens (tertiary/aromatic N) is 7. The largest absolute Gasteiger partial charge is 0.493 e. The number of likely N-dealkylation sites (tertiary alicyclic amines) is 1. The summed E-state index contributed by atoms with van der Waals surface area (Å²) < 4.78 is 12.3. The smallest absolute Gasteiger partial charge is 0.227 e. The van der Waals surface area contributed by atoms with E-state index in [4.69, 9.17) is 9.47 Å². The van der Waals surface area contributed by atoms with E-state index < -0.39 is 0 Å². The predicted octanol–water partition coefficient (Wildman–Crippen LogP) is 0.561. The average molecular weight is 383 g/mol. The number of carbonyl (C=O) groups is 1. The Bertz CT molecular complexity index is 948. The molecule has 1 fully saturated rings. The molecule has 1 saturated heterocycles. The molecule has 0 radical (unpaired) electrons. The summed E-state index contributed by atoms with van der Waals surface area (Å²) >= 11 is 0. The van der Waals surface area contributed by atoms with Crippen LogP contribution in [-0.4, -0.2) is 68.1 Å². The molecule has 1 aromatic carbocycles. The van der Waals surface area contributed by atoms with E-state index >= 15 is 0 Å². The van der Waals surface area contributed by atoms with Crippen molar-refractivity contribution in [2.75, 3.05) is 27.3 Å². The molecular weight excluding hydrogens is 362 g/mol. The highest BCUT2D eigenvalue weighted by Crippen LogP contribution is 2.28. The van der Waals surface area contributed by atoms with Crippen molar-refractivity contribution in [3.05, 3.63) is 48.0 Å². The lowest BCUT2D eigenvalue weighted by atomic mass is 10.1. The number of rotatable bonds is 7. The highest BCUT2D eigenvalue weighted by Gasteiger charge is 2.32. The summed E-state index contributed by atoms with van der Waals surface area (Å²) in [7, 11) is 3.17. The maximum absolute atomic E-state index is 12.5. The Labute approximate surface area is 161 Å². The molecular formula is C18H21N7O3. The lowest BCUT2D eigenvalue weighted by Gasteiger charge is -2.39. The van der Waals surface area contributed by atoms with Crippen LogP contribution in [0.3, 0.4) is 0 Å². The van der Waals surface area contributed by atoms with Crippen LogP contribution in [-0.2, 0) is 17.8 Å². The molecule has 0 spiro atoms. The first kappa shape index (κ1) is 18.0. The molecule has 0 N–H and O–H groups in total. The molecule has 0 saturated carbocycles. The van der Waals surface area contributed by atoms with Gasteiger partial charge in [0, 0.05) is 13.1 Å². The quantitative estimate of drug-likeness (QED) is 0.588. The molecule has 1 aliphatic rings. The third-order valence-electron chi connectivity index (χ3n) is 4.72. The van der Waals surface area contributed by atoms with Crippen LogP contribution in [0.2, 0.25) is 0 Å². The summed E-state index contributed by atoms with van der Waals surface area (Å²) in [4.78, 5) is 15.9. The van der Waals surface area contributed by atoms with Crippen molar-refractivity contribution < 1.29 is 14.3 Å². The second-order valence-electron chi connectivity index (χ2n) is 6.57. The van der Waals surface area contributed by atoms with Crippen molar-refractivity contribution in [2.45, 2.75) is 19.0 Å². The lowest BCUT2D eigenvalue weighted by Crippen LogP contribution is -2.51. The Balaban J connectivity index is 1.31. The number of aromatic nitrogens is 6. The molecule has 1 amide bonds. The Kier molecular flexibility index (Phi) is 4.92. The molecule has 3 heterocycles. The van der Waals surface area contributed by atoms with E-state index in [2.05, 4.69) is 20.5 Å². The van der Waals surface area contributed by atoms with E-state index in [9.17, 15) is 4.79 Å². The van der Waals surface area contributed by atoms with Gasteiger partial charge in [-0.2, -0.15) is 15.0 Å². The van der Waals surface area contributed by atoms with Crippen molar-refractivity contribution in [2.24, 2.45) is 0 Å². The molecule has 0 bridgehead atoms. The summed E-state index contributed by atoms with van der Waals surface area (Å²) in [6.07, 6.45) is 5.45. The molecule has 28 heavy (non-hydrogen) atoms. The molecule has 2 aromatic heterocycles.